The number of allylic oxidation sites excluding steroid dienone is 1. The van der Waals surface area contributed by atoms with Crippen LogP contribution in [0, 0.1) is 11.6 Å². The van der Waals surface area contributed by atoms with Crippen molar-refractivity contribution < 1.29 is 13.5 Å². The highest BCUT2D eigenvalue weighted by Gasteiger charge is 2.17. The van der Waals surface area contributed by atoms with Crippen molar-refractivity contribution in [1.29, 1.82) is 0 Å². The van der Waals surface area contributed by atoms with Crippen molar-refractivity contribution in [1.82, 2.24) is 14.9 Å². The zero-order valence-electron chi connectivity index (χ0n) is 21.5. The third kappa shape index (κ3) is 6.74. The molecule has 0 bridgehead atoms. The van der Waals surface area contributed by atoms with E-state index >= 15 is 0 Å². The average molecular weight is 527 g/mol. The molecule has 0 saturated heterocycles. The number of H-pyrrole nitrogens is 1. The number of aromatic amines is 1. The van der Waals surface area contributed by atoms with E-state index in [-0.39, 0.29) is 11.3 Å². The van der Waals surface area contributed by atoms with E-state index in [1.165, 1.54) is 10.6 Å². The number of benzene rings is 2. The summed E-state index contributed by atoms with van der Waals surface area (Å²) >= 11 is 1.56. The molecule has 196 valence electrons. The van der Waals surface area contributed by atoms with Crippen LogP contribution in [0.25, 0.3) is 22.0 Å². The van der Waals surface area contributed by atoms with Gasteiger partial charge in [0, 0.05) is 66.2 Å². The van der Waals surface area contributed by atoms with Gasteiger partial charge in [-0.25, -0.2) is 8.78 Å². The largest absolute Gasteiger partial charge is 0.454 e. The Labute approximate surface area is 219 Å². The Morgan fingerprint density at radius 3 is 2.59 bits per heavy atom. The van der Waals surface area contributed by atoms with Crippen molar-refractivity contribution in [2.45, 2.75) is 26.7 Å². The van der Waals surface area contributed by atoms with Crippen molar-refractivity contribution in [3.05, 3.63) is 89.1 Å². The minimum atomic E-state index is -0.802. The van der Waals surface area contributed by atoms with Crippen molar-refractivity contribution in [3.63, 3.8) is 0 Å². The number of fused-ring (bicyclic) bond motifs is 1. The van der Waals surface area contributed by atoms with Crippen molar-refractivity contribution >= 4 is 28.5 Å². The van der Waals surface area contributed by atoms with E-state index in [4.69, 9.17) is 4.74 Å². The van der Waals surface area contributed by atoms with E-state index < -0.39 is 11.6 Å². The molecule has 0 radical (unpaired) electrons. The minimum absolute atomic E-state index is 0.0948. The molecule has 0 aliphatic carbocycles. The first kappa shape index (κ1) is 27.9. The normalized spacial score (nSPS) is 10.5. The molecule has 0 unspecified atom stereocenters. The number of anilines is 1. The maximum atomic E-state index is 14.3. The zero-order chi connectivity index (χ0) is 26.9. The summed E-state index contributed by atoms with van der Waals surface area (Å²) in [6.45, 7) is 7.93. The first-order valence-corrected chi connectivity index (χ1v) is 13.0. The molecule has 0 fully saturated rings. The van der Waals surface area contributed by atoms with Gasteiger partial charge in [0.15, 0.2) is 11.6 Å². The molecule has 3 N–H and O–H groups in total. The molecular formula is C28H32F2N4O2S. The van der Waals surface area contributed by atoms with Crippen LogP contribution >= 0.6 is 11.9 Å². The minimum Gasteiger partial charge on any atom is -0.454 e. The van der Waals surface area contributed by atoms with Gasteiger partial charge in [0.25, 0.3) is 5.56 Å². The molecule has 0 amide bonds. The fourth-order valence-corrected chi connectivity index (χ4v) is 4.35. The summed E-state index contributed by atoms with van der Waals surface area (Å²) in [5.41, 5.74) is 3.51. The molecule has 0 aliphatic heterocycles. The van der Waals surface area contributed by atoms with Crippen LogP contribution in [0.4, 0.5) is 14.5 Å². The standard InChI is InChI=1S/C26H26F2N4O2S.C2H6/c1-16(29-2)5-4-12-35-31-18-7-9-23(34-24-8-6-17(27)13-22(24)28)20(14-18)21-15-32(3)26(33)25-19(21)10-11-30-25;1-2/h6-11,13-15,29-31H,1,4-5,12H2,2-3H3;1-2H3. The summed E-state index contributed by atoms with van der Waals surface area (Å²) in [5.74, 6) is -0.335. The molecule has 4 aromatic rings. The lowest BCUT2D eigenvalue weighted by molar-refractivity contribution is 0.439. The Kier molecular flexibility index (Phi) is 9.79. The Morgan fingerprint density at radius 2 is 1.86 bits per heavy atom. The monoisotopic (exact) mass is 526 g/mol. The van der Waals surface area contributed by atoms with Crippen LogP contribution in [0.5, 0.6) is 11.5 Å². The number of hydrogen-bond donors (Lipinski definition) is 3. The number of ether oxygens (including phenoxy) is 1. The van der Waals surface area contributed by atoms with Crippen LogP contribution in [0.3, 0.4) is 0 Å². The van der Waals surface area contributed by atoms with E-state index in [0.29, 0.717) is 22.2 Å². The van der Waals surface area contributed by atoms with E-state index in [1.807, 2.05) is 39.1 Å². The second-order valence-corrected chi connectivity index (χ2v) is 8.92. The first-order valence-electron chi connectivity index (χ1n) is 12.0. The summed E-state index contributed by atoms with van der Waals surface area (Å²) in [7, 11) is 3.53. The summed E-state index contributed by atoms with van der Waals surface area (Å²) in [6, 6.07) is 10.4. The summed E-state index contributed by atoms with van der Waals surface area (Å²) in [6.07, 6.45) is 5.27. The van der Waals surface area contributed by atoms with Crippen LogP contribution in [0.15, 0.2) is 71.9 Å². The molecule has 0 atom stereocenters. The van der Waals surface area contributed by atoms with Gasteiger partial charge in [-0.3, -0.25) is 4.79 Å². The lowest BCUT2D eigenvalue weighted by Crippen LogP contribution is -2.16. The van der Waals surface area contributed by atoms with Gasteiger partial charge in [0.1, 0.15) is 17.1 Å². The van der Waals surface area contributed by atoms with Gasteiger partial charge in [-0.05, 0) is 49.2 Å². The number of hydrogen-bond acceptors (Lipinski definition) is 5. The molecule has 2 heterocycles. The van der Waals surface area contributed by atoms with Gasteiger partial charge in [-0.15, -0.1) is 0 Å². The first-order chi connectivity index (χ1) is 17.9. The Morgan fingerprint density at radius 1 is 1.11 bits per heavy atom. The quantitative estimate of drug-likeness (QED) is 0.151. The van der Waals surface area contributed by atoms with Gasteiger partial charge in [-0.1, -0.05) is 32.4 Å². The highest BCUT2D eigenvalue weighted by molar-refractivity contribution is 8.00. The van der Waals surface area contributed by atoms with E-state index in [0.717, 1.165) is 47.7 Å². The van der Waals surface area contributed by atoms with Crippen LogP contribution in [-0.2, 0) is 7.05 Å². The molecule has 2 aromatic heterocycles. The highest BCUT2D eigenvalue weighted by Crippen LogP contribution is 2.39. The van der Waals surface area contributed by atoms with Crippen LogP contribution < -0.4 is 20.3 Å². The second-order valence-electron chi connectivity index (χ2n) is 8.02. The highest BCUT2D eigenvalue weighted by atomic mass is 32.2. The van der Waals surface area contributed by atoms with Gasteiger partial charge in [0.2, 0.25) is 0 Å². The number of aryl methyl sites for hydroxylation is 1. The van der Waals surface area contributed by atoms with Crippen molar-refractivity contribution in [2.75, 3.05) is 17.5 Å². The number of rotatable bonds is 10. The third-order valence-corrected chi connectivity index (χ3v) is 6.42. The molecule has 0 spiro atoms. The molecule has 4 rings (SSSR count). The lowest BCUT2D eigenvalue weighted by Gasteiger charge is -2.16. The predicted molar refractivity (Wildman–Crippen MR) is 150 cm³/mol. The number of aromatic nitrogens is 2. The number of halogens is 2. The lowest BCUT2D eigenvalue weighted by atomic mass is 10.0. The van der Waals surface area contributed by atoms with Crippen LogP contribution in [0.2, 0.25) is 0 Å². The van der Waals surface area contributed by atoms with E-state index in [1.54, 1.807) is 37.5 Å². The fraction of sp³-hybridized carbons (Fsp3) is 0.250. The number of pyridine rings is 1. The summed E-state index contributed by atoms with van der Waals surface area (Å²) in [4.78, 5) is 15.5. The predicted octanol–water partition coefficient (Wildman–Crippen LogP) is 7.20. The van der Waals surface area contributed by atoms with Crippen molar-refractivity contribution in [3.8, 4) is 22.6 Å². The SMILES string of the molecule is C=C(CCCSNc1ccc(Oc2ccc(F)cc2F)c(-c2cn(C)c(=O)c3[nH]ccc23)c1)NC.CC. The molecule has 0 saturated carbocycles. The Hall–Kier alpha value is -3.72. The van der Waals surface area contributed by atoms with Gasteiger partial charge in [0.05, 0.1) is 0 Å². The maximum absolute atomic E-state index is 14.3. The average Bonchev–Trinajstić information content (AvgIpc) is 3.40. The summed E-state index contributed by atoms with van der Waals surface area (Å²) < 4.78 is 38.5. The molecule has 2 aromatic carbocycles. The van der Waals surface area contributed by atoms with Crippen molar-refractivity contribution in [2.24, 2.45) is 7.05 Å². The van der Waals surface area contributed by atoms with Gasteiger partial charge >= 0.3 is 0 Å². The molecular weight excluding hydrogens is 494 g/mol. The van der Waals surface area contributed by atoms with E-state index in [9.17, 15) is 13.6 Å². The topological polar surface area (TPSA) is 71.1 Å². The number of nitrogens with one attached hydrogen (secondary N) is 3. The van der Waals surface area contributed by atoms with Crippen LogP contribution in [-0.4, -0.2) is 22.4 Å². The molecule has 0 aliphatic rings. The molecule has 37 heavy (non-hydrogen) atoms. The summed E-state index contributed by atoms with van der Waals surface area (Å²) in [5, 5.41) is 3.76. The van der Waals surface area contributed by atoms with Gasteiger partial charge in [-0.2, -0.15) is 0 Å². The molecule has 9 heteroatoms. The Bertz CT molecular complexity index is 1430. The van der Waals surface area contributed by atoms with Gasteiger partial charge < -0.3 is 24.3 Å². The molecule has 6 nitrogen and oxygen atoms in total. The second kappa shape index (κ2) is 13.0. The smallest absolute Gasteiger partial charge is 0.274 e. The van der Waals surface area contributed by atoms with E-state index in [2.05, 4.69) is 21.6 Å². The maximum Gasteiger partial charge on any atom is 0.274 e. The fourth-order valence-electron chi connectivity index (χ4n) is 3.67. The van der Waals surface area contributed by atoms with Crippen LogP contribution in [0.1, 0.15) is 26.7 Å². The number of nitrogens with zero attached hydrogens (tertiary/aromatic N) is 1. The third-order valence-electron chi connectivity index (χ3n) is 5.55. The Balaban J connectivity index is 0.00000186. The zero-order valence-corrected chi connectivity index (χ0v) is 22.3.